The zero-order valence-electron chi connectivity index (χ0n) is 10.4. The maximum Gasteiger partial charge on any atom is 0.273 e. The Labute approximate surface area is 114 Å². The number of nitro groups is 1. The Kier molecular flexibility index (Phi) is 3.09. The molecular weight excluding hydrogens is 258 g/mol. The number of benzene rings is 1. The molecule has 0 saturated heterocycles. The van der Waals surface area contributed by atoms with Crippen LogP contribution in [0.5, 0.6) is 0 Å². The van der Waals surface area contributed by atoms with Gasteiger partial charge in [0.05, 0.1) is 17.4 Å². The van der Waals surface area contributed by atoms with Crippen molar-refractivity contribution in [2.75, 3.05) is 0 Å². The van der Waals surface area contributed by atoms with Crippen molar-refractivity contribution in [1.82, 2.24) is 0 Å². The predicted octanol–water partition coefficient (Wildman–Crippen LogP) is 3.96. The molecule has 0 bridgehead atoms. The minimum Gasteiger partial charge on any atom is -0.468 e. The van der Waals surface area contributed by atoms with Crippen LogP contribution in [0.3, 0.4) is 0 Å². The van der Waals surface area contributed by atoms with Gasteiger partial charge in [-0.2, -0.15) is 0 Å². The Bertz CT molecular complexity index is 667. The second-order valence-corrected chi connectivity index (χ2v) is 4.28. The summed E-state index contributed by atoms with van der Waals surface area (Å²) in [7, 11) is 0. The van der Waals surface area contributed by atoms with E-state index < -0.39 is 10.8 Å². The van der Waals surface area contributed by atoms with Crippen LogP contribution in [0.2, 0.25) is 0 Å². The van der Waals surface area contributed by atoms with Crippen molar-refractivity contribution in [2.45, 2.75) is 5.92 Å². The molecule has 0 radical (unpaired) electrons. The highest BCUT2D eigenvalue weighted by atomic mass is 16.6. The fourth-order valence-electron chi connectivity index (χ4n) is 2.26. The third kappa shape index (κ3) is 2.09. The standard InChI is InChI=1S/C15H11NO4/c17-16(18)12-6-2-1-5-11(12)15(13-7-3-9-19-13)14-8-4-10-20-14/h1-10,15H. The van der Waals surface area contributed by atoms with Crippen molar-refractivity contribution in [2.24, 2.45) is 0 Å². The summed E-state index contributed by atoms with van der Waals surface area (Å²) in [4.78, 5) is 10.8. The van der Waals surface area contributed by atoms with E-state index in [1.54, 1.807) is 55.0 Å². The quantitative estimate of drug-likeness (QED) is 0.531. The second-order valence-electron chi connectivity index (χ2n) is 4.28. The normalized spacial score (nSPS) is 10.8. The number of furan rings is 2. The van der Waals surface area contributed by atoms with Crippen LogP contribution in [0.15, 0.2) is 69.9 Å². The molecule has 0 aliphatic rings. The van der Waals surface area contributed by atoms with Gasteiger partial charge in [-0.15, -0.1) is 0 Å². The molecule has 1 aromatic carbocycles. The molecule has 0 atom stereocenters. The molecule has 5 heteroatoms. The van der Waals surface area contributed by atoms with Crippen LogP contribution in [-0.2, 0) is 0 Å². The first-order chi connectivity index (χ1) is 9.77. The van der Waals surface area contributed by atoms with E-state index in [9.17, 15) is 10.1 Å². The first-order valence-electron chi connectivity index (χ1n) is 6.07. The molecule has 2 heterocycles. The van der Waals surface area contributed by atoms with E-state index in [0.29, 0.717) is 17.1 Å². The van der Waals surface area contributed by atoms with Gasteiger partial charge in [0.15, 0.2) is 0 Å². The van der Waals surface area contributed by atoms with E-state index >= 15 is 0 Å². The maximum atomic E-state index is 11.2. The molecule has 0 aliphatic heterocycles. The summed E-state index contributed by atoms with van der Waals surface area (Å²) in [5.41, 5.74) is 0.590. The summed E-state index contributed by atoms with van der Waals surface area (Å²) >= 11 is 0. The van der Waals surface area contributed by atoms with Crippen molar-refractivity contribution in [3.8, 4) is 0 Å². The summed E-state index contributed by atoms with van der Waals surface area (Å²) in [6, 6.07) is 13.7. The number of nitro benzene ring substituents is 1. The largest absolute Gasteiger partial charge is 0.468 e. The van der Waals surface area contributed by atoms with Crippen LogP contribution >= 0.6 is 0 Å². The molecule has 0 aliphatic carbocycles. The van der Waals surface area contributed by atoms with Crippen molar-refractivity contribution < 1.29 is 13.8 Å². The Balaban J connectivity index is 2.19. The van der Waals surface area contributed by atoms with Gasteiger partial charge >= 0.3 is 0 Å². The second kappa shape index (κ2) is 5.05. The zero-order chi connectivity index (χ0) is 13.9. The van der Waals surface area contributed by atoms with Gasteiger partial charge in [-0.3, -0.25) is 10.1 Å². The van der Waals surface area contributed by atoms with Gasteiger partial charge in [0, 0.05) is 11.6 Å². The van der Waals surface area contributed by atoms with Gasteiger partial charge in [-0.1, -0.05) is 18.2 Å². The number of para-hydroxylation sites is 1. The molecular formula is C15H11NO4. The third-order valence-corrected chi connectivity index (χ3v) is 3.10. The van der Waals surface area contributed by atoms with Crippen molar-refractivity contribution in [3.05, 3.63) is 88.3 Å². The minimum absolute atomic E-state index is 0.0466. The molecule has 3 aromatic rings. The van der Waals surface area contributed by atoms with Crippen LogP contribution < -0.4 is 0 Å². The Morgan fingerprint density at radius 1 is 0.900 bits per heavy atom. The molecule has 3 rings (SSSR count). The van der Waals surface area contributed by atoms with Crippen LogP contribution in [0.4, 0.5) is 5.69 Å². The Hall–Kier alpha value is -2.82. The monoisotopic (exact) mass is 269 g/mol. The third-order valence-electron chi connectivity index (χ3n) is 3.10. The lowest BCUT2D eigenvalue weighted by Crippen LogP contribution is -2.04. The first-order valence-corrected chi connectivity index (χ1v) is 6.07. The summed E-state index contributed by atoms with van der Waals surface area (Å²) in [6.07, 6.45) is 3.08. The van der Waals surface area contributed by atoms with E-state index in [1.165, 1.54) is 6.07 Å². The lowest BCUT2D eigenvalue weighted by molar-refractivity contribution is -0.385. The predicted molar refractivity (Wildman–Crippen MR) is 71.5 cm³/mol. The van der Waals surface area contributed by atoms with E-state index in [-0.39, 0.29) is 5.69 Å². The van der Waals surface area contributed by atoms with E-state index in [4.69, 9.17) is 8.83 Å². The van der Waals surface area contributed by atoms with Crippen LogP contribution in [0.1, 0.15) is 23.0 Å². The van der Waals surface area contributed by atoms with E-state index in [2.05, 4.69) is 0 Å². The molecule has 20 heavy (non-hydrogen) atoms. The number of hydrogen-bond acceptors (Lipinski definition) is 4. The maximum absolute atomic E-state index is 11.2. The first kappa shape index (κ1) is 12.2. The average Bonchev–Trinajstić information content (AvgIpc) is 3.13. The number of rotatable bonds is 4. The fourth-order valence-corrected chi connectivity index (χ4v) is 2.26. The highest BCUT2D eigenvalue weighted by Crippen LogP contribution is 2.37. The van der Waals surface area contributed by atoms with Crippen molar-refractivity contribution in [1.29, 1.82) is 0 Å². The molecule has 0 fully saturated rings. The summed E-state index contributed by atoms with van der Waals surface area (Å²) in [6.45, 7) is 0. The van der Waals surface area contributed by atoms with Crippen LogP contribution in [-0.4, -0.2) is 4.92 Å². The number of nitrogens with zero attached hydrogens (tertiary/aromatic N) is 1. The molecule has 0 spiro atoms. The van der Waals surface area contributed by atoms with Gasteiger partial charge in [-0.05, 0) is 24.3 Å². The minimum atomic E-state index is -0.429. The van der Waals surface area contributed by atoms with Gasteiger partial charge in [0.1, 0.15) is 17.4 Å². The summed E-state index contributed by atoms with van der Waals surface area (Å²) in [5.74, 6) is 0.783. The van der Waals surface area contributed by atoms with E-state index in [0.717, 1.165) is 0 Å². The summed E-state index contributed by atoms with van der Waals surface area (Å²) in [5, 5.41) is 11.2. The lowest BCUT2D eigenvalue weighted by Gasteiger charge is -2.12. The van der Waals surface area contributed by atoms with Crippen molar-refractivity contribution >= 4 is 5.69 Å². The molecule has 0 saturated carbocycles. The van der Waals surface area contributed by atoms with Gasteiger partial charge in [0.2, 0.25) is 0 Å². The lowest BCUT2D eigenvalue weighted by atomic mass is 9.92. The molecule has 5 nitrogen and oxygen atoms in total. The average molecular weight is 269 g/mol. The molecule has 0 unspecified atom stereocenters. The number of hydrogen-bond donors (Lipinski definition) is 0. The highest BCUT2D eigenvalue weighted by Gasteiger charge is 2.28. The Morgan fingerprint density at radius 2 is 1.50 bits per heavy atom. The van der Waals surface area contributed by atoms with Crippen molar-refractivity contribution in [3.63, 3.8) is 0 Å². The molecule has 100 valence electrons. The van der Waals surface area contributed by atoms with Crippen LogP contribution in [0, 0.1) is 10.1 Å². The SMILES string of the molecule is O=[N+]([O-])c1ccccc1C(c1ccco1)c1ccco1. The van der Waals surface area contributed by atoms with Gasteiger partial charge in [0.25, 0.3) is 5.69 Å². The molecule has 0 amide bonds. The molecule has 0 N–H and O–H groups in total. The smallest absolute Gasteiger partial charge is 0.273 e. The molecule has 2 aromatic heterocycles. The highest BCUT2D eigenvalue weighted by molar-refractivity contribution is 5.48. The van der Waals surface area contributed by atoms with E-state index in [1.807, 2.05) is 0 Å². The van der Waals surface area contributed by atoms with Crippen LogP contribution in [0.25, 0.3) is 0 Å². The Morgan fingerprint density at radius 3 is 2.00 bits per heavy atom. The fraction of sp³-hybridized carbons (Fsp3) is 0.0667. The summed E-state index contributed by atoms with van der Waals surface area (Å²) < 4.78 is 10.9. The van der Waals surface area contributed by atoms with Gasteiger partial charge in [-0.25, -0.2) is 0 Å². The van der Waals surface area contributed by atoms with Gasteiger partial charge < -0.3 is 8.83 Å². The zero-order valence-corrected chi connectivity index (χ0v) is 10.4. The topological polar surface area (TPSA) is 69.4 Å².